The number of anilines is 3. The van der Waals surface area contributed by atoms with E-state index in [0.717, 1.165) is 50.3 Å². The summed E-state index contributed by atoms with van der Waals surface area (Å²) in [6, 6.07) is 12.4. The number of nitrogens with zero attached hydrogens (tertiary/aromatic N) is 6. The maximum atomic E-state index is 14.9. The fourth-order valence-electron chi connectivity index (χ4n) is 4.82. The Morgan fingerprint density at radius 3 is 2.76 bits per heavy atom. The normalized spacial score (nSPS) is 15.5. The molecule has 2 N–H and O–H groups in total. The van der Waals surface area contributed by atoms with Crippen molar-refractivity contribution >= 4 is 28.4 Å². The zero-order valence-corrected chi connectivity index (χ0v) is 20.1. The molecule has 0 unspecified atom stereocenters. The molecule has 1 saturated heterocycles. The molecule has 0 amide bonds. The van der Waals surface area contributed by atoms with Crippen molar-refractivity contribution in [2.75, 3.05) is 36.4 Å². The lowest BCUT2D eigenvalue weighted by Gasteiger charge is -2.29. The second kappa shape index (κ2) is 9.59. The molecule has 1 aromatic carbocycles. The van der Waals surface area contributed by atoms with E-state index in [9.17, 15) is 14.4 Å². The van der Waals surface area contributed by atoms with Gasteiger partial charge in [-0.05, 0) is 54.7 Å². The molecule has 0 atom stereocenters. The summed E-state index contributed by atoms with van der Waals surface area (Å²) in [5.74, 6) is 0.352. The Balaban J connectivity index is 1.35. The van der Waals surface area contributed by atoms with E-state index in [-0.39, 0.29) is 23.9 Å². The Kier molecular flexibility index (Phi) is 5.98. The number of rotatable bonds is 6. The molecule has 186 valence electrons. The third kappa shape index (κ3) is 4.61. The third-order valence-electron chi connectivity index (χ3n) is 6.86. The molecule has 6 rings (SSSR count). The minimum absolute atomic E-state index is 0.0197. The Hall–Kier alpha value is -4.36. The third-order valence-corrected chi connectivity index (χ3v) is 6.86. The standard InChI is InChI=1S/C27H25FN8O/c28-22-13-20(5-6-24(22)35-10-8-30-9-11-35)33-27-32-15-19-12-18(14-29)26(37)36(25(19)34-27)16-23-21(17-3-4-17)2-1-7-31-23/h1-2,5-7,12-13,15,17,30H,3-4,8-11,16H2,(H,32,33,34). The zero-order valence-electron chi connectivity index (χ0n) is 20.1. The second-order valence-corrected chi connectivity index (χ2v) is 9.38. The zero-order chi connectivity index (χ0) is 25.4. The van der Waals surface area contributed by atoms with E-state index >= 15 is 0 Å². The van der Waals surface area contributed by atoms with E-state index in [1.165, 1.54) is 16.7 Å². The SMILES string of the molecule is N#Cc1cc2cnc(Nc3ccc(N4CCNCC4)c(F)c3)nc2n(Cc2ncccc2C2CC2)c1=O. The van der Waals surface area contributed by atoms with Crippen LogP contribution in [0, 0.1) is 17.1 Å². The van der Waals surface area contributed by atoms with Gasteiger partial charge in [-0.3, -0.25) is 14.3 Å². The maximum Gasteiger partial charge on any atom is 0.270 e. The number of pyridine rings is 2. The highest BCUT2D eigenvalue weighted by Crippen LogP contribution is 2.41. The summed E-state index contributed by atoms with van der Waals surface area (Å²) in [4.78, 5) is 28.7. The lowest BCUT2D eigenvalue weighted by atomic mass is 10.1. The van der Waals surface area contributed by atoms with Crippen LogP contribution in [0.2, 0.25) is 0 Å². The molecule has 4 aromatic rings. The molecule has 2 fully saturated rings. The number of benzene rings is 1. The molecule has 3 aromatic heterocycles. The van der Waals surface area contributed by atoms with Crippen LogP contribution in [0.25, 0.3) is 11.0 Å². The van der Waals surface area contributed by atoms with Crippen LogP contribution in [0.1, 0.15) is 35.6 Å². The summed E-state index contributed by atoms with van der Waals surface area (Å²) in [5, 5.41) is 16.4. The van der Waals surface area contributed by atoms with Crippen LogP contribution < -0.4 is 21.1 Å². The summed E-state index contributed by atoms with van der Waals surface area (Å²) in [5.41, 5.74) is 2.95. The Morgan fingerprint density at radius 2 is 2.00 bits per heavy atom. The fourth-order valence-corrected chi connectivity index (χ4v) is 4.82. The number of hydrogen-bond acceptors (Lipinski definition) is 8. The molecule has 0 spiro atoms. The van der Waals surface area contributed by atoms with Gasteiger partial charge in [-0.1, -0.05) is 6.07 Å². The van der Waals surface area contributed by atoms with Crippen LogP contribution in [0.4, 0.5) is 21.7 Å². The second-order valence-electron chi connectivity index (χ2n) is 9.38. The van der Waals surface area contributed by atoms with Crippen LogP contribution in [0.15, 0.2) is 53.6 Å². The van der Waals surface area contributed by atoms with Crippen LogP contribution in [-0.2, 0) is 6.54 Å². The van der Waals surface area contributed by atoms with Gasteiger partial charge in [0, 0.05) is 49.6 Å². The van der Waals surface area contributed by atoms with Gasteiger partial charge in [0.15, 0.2) is 0 Å². The molecule has 1 aliphatic carbocycles. The van der Waals surface area contributed by atoms with Crippen molar-refractivity contribution in [2.24, 2.45) is 0 Å². The highest BCUT2D eigenvalue weighted by molar-refractivity contribution is 5.77. The number of nitriles is 1. The average molecular weight is 497 g/mol. The number of fused-ring (bicyclic) bond motifs is 1. The topological polar surface area (TPSA) is 112 Å². The molecule has 9 nitrogen and oxygen atoms in total. The van der Waals surface area contributed by atoms with Crippen LogP contribution in [0.3, 0.4) is 0 Å². The Bertz CT molecular complexity index is 1580. The highest BCUT2D eigenvalue weighted by Gasteiger charge is 2.27. The fraction of sp³-hybridized carbons (Fsp3) is 0.296. The van der Waals surface area contributed by atoms with Gasteiger partial charge in [0.1, 0.15) is 23.1 Å². The predicted octanol–water partition coefficient (Wildman–Crippen LogP) is 3.28. The van der Waals surface area contributed by atoms with Gasteiger partial charge in [-0.2, -0.15) is 10.2 Å². The highest BCUT2D eigenvalue weighted by atomic mass is 19.1. The summed E-state index contributed by atoms with van der Waals surface area (Å²) in [6.45, 7) is 3.33. The molecule has 2 aliphatic rings. The van der Waals surface area contributed by atoms with Gasteiger partial charge < -0.3 is 15.5 Å². The van der Waals surface area contributed by atoms with E-state index in [0.29, 0.717) is 28.3 Å². The smallest absolute Gasteiger partial charge is 0.270 e. The maximum absolute atomic E-state index is 14.9. The quantitative estimate of drug-likeness (QED) is 0.418. The molecule has 0 bridgehead atoms. The van der Waals surface area contributed by atoms with Crippen LogP contribution in [0.5, 0.6) is 0 Å². The lowest BCUT2D eigenvalue weighted by Crippen LogP contribution is -2.43. The van der Waals surface area contributed by atoms with E-state index < -0.39 is 5.56 Å². The predicted molar refractivity (Wildman–Crippen MR) is 139 cm³/mol. The molecular weight excluding hydrogens is 471 g/mol. The van der Waals surface area contributed by atoms with Gasteiger partial charge in [-0.25, -0.2) is 9.37 Å². The van der Waals surface area contributed by atoms with E-state index in [1.54, 1.807) is 24.5 Å². The average Bonchev–Trinajstić information content (AvgIpc) is 3.77. The minimum Gasteiger partial charge on any atom is -0.367 e. The molecule has 0 radical (unpaired) electrons. The number of hydrogen-bond donors (Lipinski definition) is 2. The van der Waals surface area contributed by atoms with Crippen molar-refractivity contribution in [2.45, 2.75) is 25.3 Å². The van der Waals surface area contributed by atoms with Gasteiger partial charge in [0.25, 0.3) is 5.56 Å². The molecule has 1 aliphatic heterocycles. The number of piperazine rings is 1. The molecule has 4 heterocycles. The number of aromatic nitrogens is 4. The first kappa shape index (κ1) is 23.1. The van der Waals surface area contributed by atoms with Crippen molar-refractivity contribution in [3.05, 3.63) is 81.8 Å². The van der Waals surface area contributed by atoms with Gasteiger partial charge in [0.05, 0.1) is 17.9 Å². The lowest BCUT2D eigenvalue weighted by molar-refractivity contribution is 0.566. The summed E-state index contributed by atoms with van der Waals surface area (Å²) < 4.78 is 16.4. The van der Waals surface area contributed by atoms with Crippen molar-refractivity contribution in [3.63, 3.8) is 0 Å². The summed E-state index contributed by atoms with van der Waals surface area (Å²) in [7, 11) is 0. The molecular formula is C27H25FN8O. The van der Waals surface area contributed by atoms with Crippen molar-refractivity contribution in [1.82, 2.24) is 24.8 Å². The van der Waals surface area contributed by atoms with Crippen molar-refractivity contribution in [1.29, 1.82) is 5.26 Å². The van der Waals surface area contributed by atoms with Gasteiger partial charge in [-0.15, -0.1) is 0 Å². The largest absolute Gasteiger partial charge is 0.367 e. The monoisotopic (exact) mass is 496 g/mol. The first-order valence-electron chi connectivity index (χ1n) is 12.4. The van der Waals surface area contributed by atoms with Crippen LogP contribution >= 0.6 is 0 Å². The van der Waals surface area contributed by atoms with Gasteiger partial charge in [0.2, 0.25) is 5.95 Å². The van der Waals surface area contributed by atoms with Crippen molar-refractivity contribution in [3.8, 4) is 6.07 Å². The van der Waals surface area contributed by atoms with E-state index in [4.69, 9.17) is 0 Å². The summed E-state index contributed by atoms with van der Waals surface area (Å²) >= 11 is 0. The van der Waals surface area contributed by atoms with E-state index in [2.05, 4.69) is 25.6 Å². The van der Waals surface area contributed by atoms with E-state index in [1.807, 2.05) is 23.1 Å². The number of nitrogens with one attached hydrogen (secondary N) is 2. The Labute approximate surface area is 212 Å². The molecule has 1 saturated carbocycles. The summed E-state index contributed by atoms with van der Waals surface area (Å²) in [6.07, 6.45) is 5.48. The first-order valence-corrected chi connectivity index (χ1v) is 12.4. The molecule has 10 heteroatoms. The van der Waals surface area contributed by atoms with Crippen LogP contribution in [-0.4, -0.2) is 45.7 Å². The number of halogens is 1. The molecule has 37 heavy (non-hydrogen) atoms. The Morgan fingerprint density at radius 1 is 1.16 bits per heavy atom. The van der Waals surface area contributed by atoms with Crippen molar-refractivity contribution < 1.29 is 4.39 Å². The van der Waals surface area contributed by atoms with Gasteiger partial charge >= 0.3 is 0 Å². The minimum atomic E-state index is -0.432. The first-order chi connectivity index (χ1) is 18.1.